The first kappa shape index (κ1) is 13.0. The third-order valence-electron chi connectivity index (χ3n) is 3.43. The lowest BCUT2D eigenvalue weighted by atomic mass is 10.1. The molecule has 0 heterocycles. The van der Waals surface area contributed by atoms with Gasteiger partial charge in [0.25, 0.3) is 5.91 Å². The molecule has 1 aromatic carbocycles. The normalized spacial score (nSPS) is 21.1. The minimum Gasteiger partial charge on any atom is -0.352 e. The maximum atomic E-state index is 11.9. The number of thiol groups is 1. The van der Waals surface area contributed by atoms with Crippen LogP contribution in [0.25, 0.3) is 0 Å². The summed E-state index contributed by atoms with van der Waals surface area (Å²) >= 11 is 7.66. The highest BCUT2D eigenvalue weighted by molar-refractivity contribution is 9.10. The Bertz CT molecular complexity index is 459. The smallest absolute Gasteiger partial charge is 0.252 e. The van der Waals surface area contributed by atoms with Crippen LogP contribution in [0.3, 0.4) is 0 Å². The summed E-state index contributed by atoms with van der Waals surface area (Å²) in [7, 11) is 0. The Labute approximate surface area is 116 Å². The SMILES string of the molecule is CC1(C)CC1CNC(=O)c1ccc(Br)cc1S. The van der Waals surface area contributed by atoms with Crippen LogP contribution in [0.4, 0.5) is 0 Å². The van der Waals surface area contributed by atoms with Crippen LogP contribution in [-0.4, -0.2) is 12.5 Å². The summed E-state index contributed by atoms with van der Waals surface area (Å²) in [5.74, 6) is 0.579. The van der Waals surface area contributed by atoms with E-state index in [0.717, 1.165) is 11.0 Å². The lowest BCUT2D eigenvalue weighted by Gasteiger charge is -2.08. The Hall–Kier alpha value is -0.480. The maximum absolute atomic E-state index is 11.9. The zero-order valence-electron chi connectivity index (χ0n) is 9.96. The summed E-state index contributed by atoms with van der Waals surface area (Å²) in [6, 6.07) is 5.48. The predicted molar refractivity (Wildman–Crippen MR) is 75.6 cm³/mol. The van der Waals surface area contributed by atoms with Crippen LogP contribution in [-0.2, 0) is 0 Å². The van der Waals surface area contributed by atoms with Crippen LogP contribution in [0.15, 0.2) is 27.6 Å². The van der Waals surface area contributed by atoms with E-state index in [-0.39, 0.29) is 5.91 Å². The van der Waals surface area contributed by atoms with Gasteiger partial charge >= 0.3 is 0 Å². The highest BCUT2D eigenvalue weighted by atomic mass is 79.9. The van der Waals surface area contributed by atoms with Crippen LogP contribution < -0.4 is 5.32 Å². The fourth-order valence-electron chi connectivity index (χ4n) is 1.93. The molecule has 17 heavy (non-hydrogen) atoms. The van der Waals surface area contributed by atoms with E-state index in [1.165, 1.54) is 6.42 Å². The number of nitrogens with one attached hydrogen (secondary N) is 1. The van der Waals surface area contributed by atoms with Gasteiger partial charge in [-0.25, -0.2) is 0 Å². The molecule has 1 amide bonds. The van der Waals surface area contributed by atoms with E-state index in [0.29, 0.717) is 21.8 Å². The van der Waals surface area contributed by atoms with E-state index in [1.807, 2.05) is 12.1 Å². The molecule has 1 aliphatic rings. The number of benzene rings is 1. The van der Waals surface area contributed by atoms with E-state index in [4.69, 9.17) is 0 Å². The van der Waals surface area contributed by atoms with Crippen LogP contribution in [0.5, 0.6) is 0 Å². The Kier molecular flexibility index (Phi) is 3.55. The lowest BCUT2D eigenvalue weighted by molar-refractivity contribution is 0.0947. The molecule has 2 rings (SSSR count). The van der Waals surface area contributed by atoms with Crippen molar-refractivity contribution >= 4 is 34.5 Å². The van der Waals surface area contributed by atoms with Gasteiger partial charge in [0.2, 0.25) is 0 Å². The Balaban J connectivity index is 1.96. The van der Waals surface area contributed by atoms with Crippen LogP contribution in [0.2, 0.25) is 0 Å². The van der Waals surface area contributed by atoms with Crippen molar-refractivity contribution in [2.75, 3.05) is 6.54 Å². The second-order valence-corrected chi connectivity index (χ2v) is 6.66. The molecule has 0 aromatic heterocycles. The molecule has 1 atom stereocenters. The van der Waals surface area contributed by atoms with Gasteiger partial charge in [-0.05, 0) is 36.0 Å². The molecule has 1 aromatic rings. The van der Waals surface area contributed by atoms with Gasteiger partial charge < -0.3 is 5.32 Å². The molecule has 0 radical (unpaired) electrons. The molecule has 1 saturated carbocycles. The number of rotatable bonds is 3. The van der Waals surface area contributed by atoms with Gasteiger partial charge in [0, 0.05) is 15.9 Å². The van der Waals surface area contributed by atoms with Crippen molar-refractivity contribution in [2.45, 2.75) is 25.2 Å². The Morgan fingerprint density at radius 1 is 1.59 bits per heavy atom. The molecule has 0 aliphatic heterocycles. The zero-order chi connectivity index (χ0) is 12.6. The largest absolute Gasteiger partial charge is 0.352 e. The molecule has 0 saturated heterocycles. The van der Waals surface area contributed by atoms with E-state index < -0.39 is 0 Å². The average Bonchev–Trinajstić information content (AvgIpc) is 2.83. The first-order valence-corrected chi connectivity index (χ1v) is 6.91. The number of carbonyl (C=O) groups is 1. The van der Waals surface area contributed by atoms with Crippen molar-refractivity contribution in [1.29, 1.82) is 0 Å². The summed E-state index contributed by atoms with van der Waals surface area (Å²) in [6.07, 6.45) is 1.20. The minimum absolute atomic E-state index is 0.0369. The summed E-state index contributed by atoms with van der Waals surface area (Å²) in [5, 5.41) is 2.97. The first-order valence-electron chi connectivity index (χ1n) is 5.67. The average molecular weight is 314 g/mol. The quantitative estimate of drug-likeness (QED) is 0.821. The molecule has 1 unspecified atom stereocenters. The van der Waals surface area contributed by atoms with E-state index in [2.05, 4.69) is 47.7 Å². The standard InChI is InChI=1S/C13H16BrNOS/c1-13(2)6-8(13)7-15-12(16)10-4-3-9(14)5-11(10)17/h3-5,8,17H,6-7H2,1-2H3,(H,15,16). The molecule has 1 aliphatic carbocycles. The van der Waals surface area contributed by atoms with Crippen LogP contribution >= 0.6 is 28.6 Å². The van der Waals surface area contributed by atoms with Crippen molar-refractivity contribution in [3.63, 3.8) is 0 Å². The van der Waals surface area contributed by atoms with Crippen molar-refractivity contribution < 1.29 is 4.79 Å². The number of amides is 1. The van der Waals surface area contributed by atoms with Crippen molar-refractivity contribution in [2.24, 2.45) is 11.3 Å². The van der Waals surface area contributed by atoms with E-state index >= 15 is 0 Å². The molecule has 4 heteroatoms. The van der Waals surface area contributed by atoms with Crippen molar-refractivity contribution in [3.05, 3.63) is 28.2 Å². The number of carbonyl (C=O) groups excluding carboxylic acids is 1. The summed E-state index contributed by atoms with van der Waals surface area (Å²) < 4.78 is 0.933. The molecule has 0 bridgehead atoms. The fraction of sp³-hybridized carbons (Fsp3) is 0.462. The second-order valence-electron chi connectivity index (χ2n) is 5.26. The van der Waals surface area contributed by atoms with Gasteiger partial charge in [-0.3, -0.25) is 4.79 Å². The topological polar surface area (TPSA) is 29.1 Å². The molecule has 0 spiro atoms. The van der Waals surface area contributed by atoms with Gasteiger partial charge in [0.15, 0.2) is 0 Å². The highest BCUT2D eigenvalue weighted by Crippen LogP contribution is 2.50. The monoisotopic (exact) mass is 313 g/mol. The first-order chi connectivity index (χ1) is 7.90. The van der Waals surface area contributed by atoms with Gasteiger partial charge in [-0.2, -0.15) is 0 Å². The summed E-state index contributed by atoms with van der Waals surface area (Å²) in [4.78, 5) is 12.6. The van der Waals surface area contributed by atoms with Gasteiger partial charge in [0.05, 0.1) is 5.56 Å². The third kappa shape index (κ3) is 3.05. The molecule has 1 N–H and O–H groups in total. The molecule has 92 valence electrons. The minimum atomic E-state index is -0.0369. The zero-order valence-corrected chi connectivity index (χ0v) is 12.4. The number of halogens is 1. The fourth-order valence-corrected chi connectivity index (χ4v) is 2.79. The molecular formula is C13H16BrNOS. The lowest BCUT2D eigenvalue weighted by Crippen LogP contribution is -2.26. The summed E-state index contributed by atoms with van der Waals surface area (Å²) in [6.45, 7) is 5.22. The molecule has 2 nitrogen and oxygen atoms in total. The Morgan fingerprint density at radius 3 is 2.76 bits per heavy atom. The van der Waals surface area contributed by atoms with Crippen molar-refractivity contribution in [1.82, 2.24) is 5.32 Å². The maximum Gasteiger partial charge on any atom is 0.252 e. The highest BCUT2D eigenvalue weighted by Gasteiger charge is 2.45. The van der Waals surface area contributed by atoms with Gasteiger partial charge in [0.1, 0.15) is 0 Å². The van der Waals surface area contributed by atoms with Crippen LogP contribution in [0, 0.1) is 11.3 Å². The Morgan fingerprint density at radius 2 is 2.24 bits per heavy atom. The molecular weight excluding hydrogens is 298 g/mol. The van der Waals surface area contributed by atoms with Crippen molar-refractivity contribution in [3.8, 4) is 0 Å². The van der Waals surface area contributed by atoms with Gasteiger partial charge in [-0.15, -0.1) is 12.6 Å². The third-order valence-corrected chi connectivity index (χ3v) is 4.29. The predicted octanol–water partition coefficient (Wildman–Crippen LogP) is 3.51. The van der Waals surface area contributed by atoms with E-state index in [9.17, 15) is 4.79 Å². The van der Waals surface area contributed by atoms with Crippen LogP contribution in [0.1, 0.15) is 30.6 Å². The van der Waals surface area contributed by atoms with E-state index in [1.54, 1.807) is 6.07 Å². The number of hydrogen-bond donors (Lipinski definition) is 2. The molecule has 1 fully saturated rings. The van der Waals surface area contributed by atoms with Gasteiger partial charge in [-0.1, -0.05) is 29.8 Å². The number of hydrogen-bond acceptors (Lipinski definition) is 2. The second kappa shape index (κ2) is 4.65. The summed E-state index contributed by atoms with van der Waals surface area (Å²) in [5.41, 5.74) is 1.03.